The predicted octanol–water partition coefficient (Wildman–Crippen LogP) is 5.08. The van der Waals surface area contributed by atoms with E-state index in [0.717, 1.165) is 56.8 Å². The van der Waals surface area contributed by atoms with Gasteiger partial charge >= 0.3 is 0 Å². The third-order valence-electron chi connectivity index (χ3n) is 5.99. The van der Waals surface area contributed by atoms with Crippen LogP contribution in [0.1, 0.15) is 23.7 Å². The van der Waals surface area contributed by atoms with E-state index in [9.17, 15) is 10.2 Å². The Bertz CT molecular complexity index is 1480. The first kappa shape index (κ1) is 20.8. The molecule has 3 heterocycles. The van der Waals surface area contributed by atoms with Crippen molar-refractivity contribution in [2.45, 2.75) is 27.2 Å². The third-order valence-corrected chi connectivity index (χ3v) is 5.99. The smallest absolute Gasteiger partial charge is 0.160 e. The Balaban J connectivity index is 1.83. The average molecular weight is 440 g/mol. The molecule has 7 heteroatoms. The van der Waals surface area contributed by atoms with Gasteiger partial charge in [-0.15, -0.1) is 0 Å². The van der Waals surface area contributed by atoms with Crippen molar-refractivity contribution in [2.24, 2.45) is 7.05 Å². The third kappa shape index (κ3) is 3.42. The fourth-order valence-electron chi connectivity index (χ4n) is 4.47. The predicted molar refractivity (Wildman–Crippen MR) is 129 cm³/mol. The zero-order valence-corrected chi connectivity index (χ0v) is 19.0. The van der Waals surface area contributed by atoms with Crippen molar-refractivity contribution in [3.05, 3.63) is 71.4 Å². The highest BCUT2D eigenvalue weighted by molar-refractivity contribution is 5.83. The van der Waals surface area contributed by atoms with Crippen molar-refractivity contribution < 1.29 is 10.2 Å². The molecule has 5 aromatic rings. The van der Waals surface area contributed by atoms with Crippen LogP contribution in [-0.2, 0) is 13.5 Å². The highest BCUT2D eigenvalue weighted by Gasteiger charge is 2.22. The number of rotatable bonds is 4. The number of aromatic nitrogens is 5. The molecule has 0 aliphatic rings. The quantitative estimate of drug-likeness (QED) is 0.408. The molecule has 166 valence electrons. The van der Waals surface area contributed by atoms with Gasteiger partial charge in [-0.1, -0.05) is 6.92 Å². The van der Waals surface area contributed by atoms with Crippen LogP contribution in [0.25, 0.3) is 39.4 Å². The van der Waals surface area contributed by atoms with Crippen LogP contribution in [0.3, 0.4) is 0 Å². The maximum absolute atomic E-state index is 9.85. The van der Waals surface area contributed by atoms with Crippen LogP contribution in [0.2, 0.25) is 0 Å². The van der Waals surface area contributed by atoms with E-state index in [2.05, 4.69) is 18.9 Å². The molecule has 0 radical (unpaired) electrons. The summed E-state index contributed by atoms with van der Waals surface area (Å²) in [5.41, 5.74) is 7.50. The van der Waals surface area contributed by atoms with E-state index in [-0.39, 0.29) is 11.5 Å². The molecule has 2 aromatic carbocycles. The molecule has 0 bridgehead atoms. The molecule has 0 saturated heterocycles. The first-order valence-corrected chi connectivity index (χ1v) is 10.9. The molecule has 3 aromatic heterocycles. The van der Waals surface area contributed by atoms with Gasteiger partial charge in [-0.3, -0.25) is 4.68 Å². The van der Waals surface area contributed by atoms with Crippen molar-refractivity contribution in [3.8, 4) is 39.8 Å². The summed E-state index contributed by atoms with van der Waals surface area (Å²) in [6, 6.07) is 16.2. The second kappa shape index (κ2) is 7.78. The Morgan fingerprint density at radius 2 is 1.45 bits per heavy atom. The summed E-state index contributed by atoms with van der Waals surface area (Å²) < 4.78 is 3.68. The molecule has 0 fully saturated rings. The molecule has 5 rings (SSSR count). The van der Waals surface area contributed by atoms with Gasteiger partial charge < -0.3 is 10.2 Å². The lowest BCUT2D eigenvalue weighted by Crippen LogP contribution is -2.05. The van der Waals surface area contributed by atoms with Gasteiger partial charge in [-0.05, 0) is 80.4 Å². The Kier molecular flexibility index (Phi) is 4.89. The zero-order chi connectivity index (χ0) is 23.3. The normalized spacial score (nSPS) is 11.4. The van der Waals surface area contributed by atoms with Crippen LogP contribution in [-0.4, -0.2) is 34.8 Å². The lowest BCUT2D eigenvalue weighted by atomic mass is 9.99. The molecule has 0 spiro atoms. The minimum atomic E-state index is 0.211. The minimum Gasteiger partial charge on any atom is -0.508 e. The maximum Gasteiger partial charge on any atom is 0.160 e. The van der Waals surface area contributed by atoms with Gasteiger partial charge in [0.15, 0.2) is 11.5 Å². The fourth-order valence-corrected chi connectivity index (χ4v) is 4.47. The molecular formula is C26H25N5O2. The number of hydrogen-bond acceptors (Lipinski definition) is 5. The van der Waals surface area contributed by atoms with E-state index in [4.69, 9.17) is 10.1 Å². The summed E-state index contributed by atoms with van der Waals surface area (Å²) in [6.07, 6.45) is 0.748. The van der Waals surface area contributed by atoms with E-state index < -0.39 is 0 Å². The van der Waals surface area contributed by atoms with Crippen molar-refractivity contribution >= 4 is 11.0 Å². The number of phenolic OH excluding ortho intramolecular Hbond substituents is 2. The number of aromatic hydroxyl groups is 2. The van der Waals surface area contributed by atoms with Crippen LogP contribution < -0.4 is 0 Å². The number of hydrogen-bond donors (Lipinski definition) is 2. The Hall–Kier alpha value is -4.13. The average Bonchev–Trinajstić information content (AvgIpc) is 3.32. The number of nitrogens with zero attached hydrogens (tertiary/aromatic N) is 5. The summed E-state index contributed by atoms with van der Waals surface area (Å²) >= 11 is 0. The lowest BCUT2D eigenvalue weighted by Gasteiger charge is -2.11. The number of pyridine rings is 1. The van der Waals surface area contributed by atoms with E-state index in [1.165, 1.54) is 0 Å². The molecular weight excluding hydrogens is 414 g/mol. The second-order valence-electron chi connectivity index (χ2n) is 8.24. The molecule has 7 nitrogen and oxygen atoms in total. The molecule has 33 heavy (non-hydrogen) atoms. The highest BCUT2D eigenvalue weighted by atomic mass is 16.3. The van der Waals surface area contributed by atoms with Crippen LogP contribution in [0, 0.1) is 13.8 Å². The summed E-state index contributed by atoms with van der Waals surface area (Å²) in [5, 5.41) is 30.2. The van der Waals surface area contributed by atoms with Crippen molar-refractivity contribution in [3.63, 3.8) is 0 Å². The standard InChI is InChI=1S/C26H25N5O2/c1-5-21-24(17-6-10-19(32)11-7-17)29-31(25(21)18-8-12-20(33)13-9-18)22-14-15(2)23-16(3)28-30(4)26(23)27-22/h6-14,32-33H,5H2,1-4H3. The van der Waals surface area contributed by atoms with Gasteiger partial charge in [0.05, 0.1) is 17.1 Å². The van der Waals surface area contributed by atoms with Gasteiger partial charge in [0, 0.05) is 29.1 Å². The molecule has 0 aliphatic carbocycles. The summed E-state index contributed by atoms with van der Waals surface area (Å²) in [6.45, 7) is 6.15. The maximum atomic E-state index is 9.85. The van der Waals surface area contributed by atoms with Gasteiger partial charge in [-0.2, -0.15) is 10.2 Å². The molecule has 0 amide bonds. The molecule has 0 atom stereocenters. The molecule has 0 saturated carbocycles. The fraction of sp³-hybridized carbons (Fsp3) is 0.192. The van der Waals surface area contributed by atoms with E-state index in [0.29, 0.717) is 5.82 Å². The monoisotopic (exact) mass is 439 g/mol. The molecule has 0 aliphatic heterocycles. The van der Waals surface area contributed by atoms with Crippen molar-refractivity contribution in [1.29, 1.82) is 0 Å². The Morgan fingerprint density at radius 1 is 0.848 bits per heavy atom. The number of fused-ring (bicyclic) bond motifs is 1. The van der Waals surface area contributed by atoms with Gasteiger partial charge in [0.1, 0.15) is 11.5 Å². The number of aryl methyl sites for hydroxylation is 3. The second-order valence-corrected chi connectivity index (χ2v) is 8.24. The summed E-state index contributed by atoms with van der Waals surface area (Å²) in [4.78, 5) is 4.94. The Morgan fingerprint density at radius 3 is 2.06 bits per heavy atom. The zero-order valence-electron chi connectivity index (χ0n) is 19.0. The topological polar surface area (TPSA) is 89.0 Å². The van der Waals surface area contributed by atoms with Gasteiger partial charge in [0.25, 0.3) is 0 Å². The van der Waals surface area contributed by atoms with Crippen LogP contribution in [0.5, 0.6) is 11.5 Å². The van der Waals surface area contributed by atoms with Gasteiger partial charge in [0.2, 0.25) is 0 Å². The van der Waals surface area contributed by atoms with Crippen LogP contribution in [0.15, 0.2) is 54.6 Å². The largest absolute Gasteiger partial charge is 0.508 e. The SMILES string of the molecule is CCc1c(-c2ccc(O)cc2)nn(-c2cc(C)c3c(C)nn(C)c3n2)c1-c1ccc(O)cc1. The van der Waals surface area contributed by atoms with Crippen molar-refractivity contribution in [2.75, 3.05) is 0 Å². The van der Waals surface area contributed by atoms with Crippen LogP contribution >= 0.6 is 0 Å². The van der Waals surface area contributed by atoms with Crippen molar-refractivity contribution in [1.82, 2.24) is 24.5 Å². The van der Waals surface area contributed by atoms with E-state index in [1.807, 2.05) is 49.0 Å². The Labute approximate surface area is 191 Å². The van der Waals surface area contributed by atoms with Crippen LogP contribution in [0.4, 0.5) is 0 Å². The number of benzene rings is 2. The van der Waals surface area contributed by atoms with Gasteiger partial charge in [-0.25, -0.2) is 9.67 Å². The highest BCUT2D eigenvalue weighted by Crippen LogP contribution is 2.36. The summed E-state index contributed by atoms with van der Waals surface area (Å²) in [5.74, 6) is 1.12. The first-order chi connectivity index (χ1) is 15.9. The van der Waals surface area contributed by atoms with E-state index in [1.54, 1.807) is 28.9 Å². The first-order valence-electron chi connectivity index (χ1n) is 10.9. The number of phenols is 2. The minimum absolute atomic E-state index is 0.211. The molecule has 0 unspecified atom stereocenters. The lowest BCUT2D eigenvalue weighted by molar-refractivity contribution is 0.475. The molecule has 2 N–H and O–H groups in total. The summed E-state index contributed by atoms with van der Waals surface area (Å²) in [7, 11) is 1.90. The van der Waals surface area contributed by atoms with E-state index >= 15 is 0 Å².